The van der Waals surface area contributed by atoms with E-state index in [1.165, 1.54) is 0 Å². The van der Waals surface area contributed by atoms with Crippen LogP contribution >= 0.6 is 15.9 Å². The Bertz CT molecular complexity index is 547. The van der Waals surface area contributed by atoms with Gasteiger partial charge in [0.2, 0.25) is 0 Å². The van der Waals surface area contributed by atoms with Gasteiger partial charge in [0.25, 0.3) is 0 Å². The Labute approximate surface area is 126 Å². The van der Waals surface area contributed by atoms with E-state index in [1.54, 1.807) is 0 Å². The van der Waals surface area contributed by atoms with Crippen molar-refractivity contribution in [2.45, 2.75) is 19.4 Å². The summed E-state index contributed by atoms with van der Waals surface area (Å²) in [6.45, 7) is 4.98. The average Bonchev–Trinajstić information content (AvgIpc) is 2.66. The van der Waals surface area contributed by atoms with Gasteiger partial charge in [-0.3, -0.25) is 4.99 Å². The fourth-order valence-corrected chi connectivity index (χ4v) is 3.21. The van der Waals surface area contributed by atoms with E-state index in [0.29, 0.717) is 25.7 Å². The lowest BCUT2D eigenvalue weighted by Crippen LogP contribution is -2.35. The fraction of sp³-hybridized carbons (Fsp3) is 0.500. The summed E-state index contributed by atoms with van der Waals surface area (Å²) >= 11 is 3.58. The van der Waals surface area contributed by atoms with Crippen LogP contribution in [0.15, 0.2) is 21.6 Å². The number of benzene rings is 1. The smallest absolute Gasteiger partial charge is 0.191 e. The molecule has 1 unspecified atom stereocenters. The largest absolute Gasteiger partial charge is 0.490 e. The molecule has 0 amide bonds. The summed E-state index contributed by atoms with van der Waals surface area (Å²) in [7, 11) is 0. The van der Waals surface area contributed by atoms with E-state index in [-0.39, 0.29) is 6.04 Å². The third-order valence-corrected chi connectivity index (χ3v) is 4.24. The second-order valence-electron chi connectivity index (χ2n) is 4.88. The van der Waals surface area contributed by atoms with Gasteiger partial charge < -0.3 is 20.1 Å². The van der Waals surface area contributed by atoms with Crippen LogP contribution in [-0.2, 0) is 0 Å². The number of rotatable bonds is 2. The molecule has 6 heteroatoms. The topological polar surface area (TPSA) is 60.1 Å². The molecule has 2 N–H and O–H groups in total. The van der Waals surface area contributed by atoms with Gasteiger partial charge in [-0.25, -0.2) is 0 Å². The lowest BCUT2D eigenvalue weighted by molar-refractivity contribution is 0.296. The number of nitrogens with two attached hydrogens (primary N) is 1. The molecule has 3 rings (SSSR count). The fourth-order valence-electron chi connectivity index (χ4n) is 2.64. The molecular formula is C14H18BrN3O2. The van der Waals surface area contributed by atoms with E-state index in [0.717, 1.165) is 34.5 Å². The molecule has 0 bridgehead atoms. The second-order valence-corrected chi connectivity index (χ2v) is 5.74. The first-order valence-electron chi connectivity index (χ1n) is 6.86. The third kappa shape index (κ3) is 2.32. The summed E-state index contributed by atoms with van der Waals surface area (Å²) in [4.78, 5) is 6.44. The lowest BCUT2D eigenvalue weighted by Gasteiger charge is -2.25. The molecule has 108 valence electrons. The second kappa shape index (κ2) is 5.52. The van der Waals surface area contributed by atoms with Gasteiger partial charge in [0.05, 0.1) is 30.3 Å². The van der Waals surface area contributed by atoms with Gasteiger partial charge in [-0.15, -0.1) is 0 Å². The SMILES string of the molecule is CCN1C(N)=NCC1c1cc(Br)c2c(c1)OCCCO2. The summed E-state index contributed by atoms with van der Waals surface area (Å²) in [6, 6.07) is 4.30. The summed E-state index contributed by atoms with van der Waals surface area (Å²) in [5.41, 5.74) is 7.07. The predicted molar refractivity (Wildman–Crippen MR) is 81.4 cm³/mol. The first-order valence-corrected chi connectivity index (χ1v) is 7.65. The van der Waals surface area contributed by atoms with Gasteiger partial charge in [-0.05, 0) is 40.5 Å². The van der Waals surface area contributed by atoms with Crippen LogP contribution in [0.2, 0.25) is 0 Å². The van der Waals surface area contributed by atoms with E-state index in [1.807, 2.05) is 6.07 Å². The minimum absolute atomic E-state index is 0.174. The van der Waals surface area contributed by atoms with E-state index in [9.17, 15) is 0 Å². The maximum Gasteiger partial charge on any atom is 0.191 e. The van der Waals surface area contributed by atoms with E-state index < -0.39 is 0 Å². The molecule has 2 heterocycles. The minimum atomic E-state index is 0.174. The molecule has 0 spiro atoms. The van der Waals surface area contributed by atoms with E-state index >= 15 is 0 Å². The Hall–Kier alpha value is -1.43. The monoisotopic (exact) mass is 339 g/mol. The summed E-state index contributed by atoms with van der Waals surface area (Å²) < 4.78 is 12.4. The van der Waals surface area contributed by atoms with Crippen LogP contribution in [-0.4, -0.2) is 37.2 Å². The molecule has 5 nitrogen and oxygen atoms in total. The Morgan fingerprint density at radius 2 is 2.20 bits per heavy atom. The molecule has 0 aliphatic carbocycles. The molecule has 0 saturated heterocycles. The van der Waals surface area contributed by atoms with Crippen LogP contribution in [0.25, 0.3) is 0 Å². The van der Waals surface area contributed by atoms with Crippen LogP contribution < -0.4 is 15.2 Å². The van der Waals surface area contributed by atoms with Crippen molar-refractivity contribution in [3.63, 3.8) is 0 Å². The highest BCUT2D eigenvalue weighted by molar-refractivity contribution is 9.10. The van der Waals surface area contributed by atoms with Crippen molar-refractivity contribution in [2.75, 3.05) is 26.3 Å². The van der Waals surface area contributed by atoms with Crippen LogP contribution in [0.1, 0.15) is 24.9 Å². The van der Waals surface area contributed by atoms with Gasteiger partial charge in [0.1, 0.15) is 0 Å². The molecule has 2 aliphatic rings. The zero-order valence-corrected chi connectivity index (χ0v) is 13.0. The van der Waals surface area contributed by atoms with E-state index in [4.69, 9.17) is 15.2 Å². The van der Waals surface area contributed by atoms with Gasteiger partial charge in [-0.1, -0.05) is 0 Å². The molecule has 2 aliphatic heterocycles. The summed E-state index contributed by atoms with van der Waals surface area (Å²) in [5.74, 6) is 2.20. The molecule has 0 saturated carbocycles. The first kappa shape index (κ1) is 13.5. The molecule has 1 aromatic rings. The lowest BCUT2D eigenvalue weighted by atomic mass is 10.1. The molecule has 1 aromatic carbocycles. The standard InChI is InChI=1S/C14H18BrN3O2/c1-2-18-11(8-17-14(18)16)9-6-10(15)13-12(7-9)19-4-3-5-20-13/h6-7,11H,2-5,8H2,1H3,(H2,16,17). The van der Waals surface area contributed by atoms with Crippen molar-refractivity contribution < 1.29 is 9.47 Å². The predicted octanol–water partition coefficient (Wildman–Crippen LogP) is 2.30. The Kier molecular flexibility index (Phi) is 3.74. The number of likely N-dealkylation sites (N-methyl/N-ethyl adjacent to an activating group) is 1. The van der Waals surface area contributed by atoms with Gasteiger partial charge >= 0.3 is 0 Å². The van der Waals surface area contributed by atoms with Crippen LogP contribution in [0.3, 0.4) is 0 Å². The normalized spacial score (nSPS) is 21.6. The molecule has 0 radical (unpaired) electrons. The van der Waals surface area contributed by atoms with Crippen LogP contribution in [0.4, 0.5) is 0 Å². The summed E-state index contributed by atoms with van der Waals surface area (Å²) in [5, 5.41) is 0. The molecule has 20 heavy (non-hydrogen) atoms. The van der Waals surface area contributed by atoms with E-state index in [2.05, 4.69) is 38.8 Å². The van der Waals surface area contributed by atoms with Crippen molar-refractivity contribution in [2.24, 2.45) is 10.7 Å². The first-order chi connectivity index (χ1) is 9.70. The van der Waals surface area contributed by atoms with Crippen LogP contribution in [0, 0.1) is 0 Å². The molecule has 0 fully saturated rings. The quantitative estimate of drug-likeness (QED) is 0.898. The van der Waals surface area contributed by atoms with Crippen molar-refractivity contribution in [3.05, 3.63) is 22.2 Å². The Morgan fingerprint density at radius 1 is 1.40 bits per heavy atom. The number of ether oxygens (including phenoxy) is 2. The zero-order valence-electron chi connectivity index (χ0n) is 11.4. The highest BCUT2D eigenvalue weighted by Crippen LogP contribution is 2.41. The molecule has 1 atom stereocenters. The summed E-state index contributed by atoms with van der Waals surface area (Å²) in [6.07, 6.45) is 0.900. The van der Waals surface area contributed by atoms with Gasteiger partial charge in [0.15, 0.2) is 17.5 Å². The molecule has 0 aromatic heterocycles. The van der Waals surface area contributed by atoms with Crippen LogP contribution in [0.5, 0.6) is 11.5 Å². The number of halogens is 1. The highest BCUT2D eigenvalue weighted by Gasteiger charge is 2.28. The zero-order chi connectivity index (χ0) is 14.1. The number of hydrogen-bond acceptors (Lipinski definition) is 5. The Balaban J connectivity index is 1.95. The molecular weight excluding hydrogens is 322 g/mol. The van der Waals surface area contributed by atoms with Crippen molar-refractivity contribution >= 4 is 21.9 Å². The number of fused-ring (bicyclic) bond motifs is 1. The maximum atomic E-state index is 5.93. The van der Waals surface area contributed by atoms with Gasteiger partial charge in [0, 0.05) is 13.0 Å². The number of hydrogen-bond donors (Lipinski definition) is 1. The Morgan fingerprint density at radius 3 is 3.00 bits per heavy atom. The number of guanidine groups is 1. The minimum Gasteiger partial charge on any atom is -0.490 e. The maximum absolute atomic E-state index is 5.93. The average molecular weight is 340 g/mol. The van der Waals surface area contributed by atoms with Crippen molar-refractivity contribution in [1.29, 1.82) is 0 Å². The van der Waals surface area contributed by atoms with Crippen molar-refractivity contribution in [3.8, 4) is 11.5 Å². The van der Waals surface area contributed by atoms with Gasteiger partial charge in [-0.2, -0.15) is 0 Å². The third-order valence-electron chi connectivity index (χ3n) is 3.65. The highest BCUT2D eigenvalue weighted by atomic mass is 79.9. The van der Waals surface area contributed by atoms with Crippen molar-refractivity contribution in [1.82, 2.24) is 4.90 Å². The number of nitrogens with zero attached hydrogens (tertiary/aromatic N) is 2. The number of aliphatic imine (C=N–C) groups is 1.